The van der Waals surface area contributed by atoms with Crippen LogP contribution in [0.15, 0.2) is 58.3 Å². The Labute approximate surface area is 122 Å². The molecule has 3 nitrogen and oxygen atoms in total. The van der Waals surface area contributed by atoms with Gasteiger partial charge in [-0.05, 0) is 35.4 Å². The molecule has 19 heavy (non-hydrogen) atoms. The van der Waals surface area contributed by atoms with E-state index in [0.29, 0.717) is 13.1 Å². The molecular weight excluding hydrogens is 276 g/mol. The lowest BCUT2D eigenvalue weighted by Gasteiger charge is -2.03. The van der Waals surface area contributed by atoms with E-state index in [9.17, 15) is 0 Å². The van der Waals surface area contributed by atoms with Crippen LogP contribution >= 0.6 is 24.1 Å². The molecule has 2 aromatic carbocycles. The van der Waals surface area contributed by atoms with Crippen LogP contribution in [0.5, 0.6) is 0 Å². The van der Waals surface area contributed by atoms with E-state index >= 15 is 0 Å². The summed E-state index contributed by atoms with van der Waals surface area (Å²) in [5, 5.41) is 0. The zero-order valence-corrected chi connectivity index (χ0v) is 12.0. The second-order valence-electron chi connectivity index (χ2n) is 3.93. The molecule has 0 aliphatic heterocycles. The largest absolute Gasteiger partial charge is 0.326 e. The number of rotatable bonds is 6. The molecule has 5 heteroatoms. The molecule has 100 valence electrons. The maximum atomic E-state index is 5.55. The van der Waals surface area contributed by atoms with Crippen LogP contribution in [0, 0.1) is 0 Å². The minimum absolute atomic E-state index is 0.564. The van der Waals surface area contributed by atoms with Crippen molar-refractivity contribution in [2.24, 2.45) is 11.5 Å². The lowest BCUT2D eigenvalue weighted by molar-refractivity contribution is 0.756. The van der Waals surface area contributed by atoms with Crippen molar-refractivity contribution in [2.75, 3.05) is 0 Å². The van der Waals surface area contributed by atoms with Crippen LogP contribution in [0.4, 0.5) is 0 Å². The van der Waals surface area contributed by atoms with Crippen LogP contribution < -0.4 is 11.5 Å². The Kier molecular flexibility index (Phi) is 5.75. The van der Waals surface area contributed by atoms with Crippen LogP contribution in [0.1, 0.15) is 11.1 Å². The normalized spacial score (nSPS) is 10.6. The van der Waals surface area contributed by atoms with Gasteiger partial charge in [-0.3, -0.25) is 0 Å². The maximum absolute atomic E-state index is 5.55. The van der Waals surface area contributed by atoms with Crippen molar-refractivity contribution in [3.63, 3.8) is 0 Å². The number of nitrogens with two attached hydrogens (primary N) is 2. The highest BCUT2D eigenvalue weighted by Gasteiger charge is 1.99. The van der Waals surface area contributed by atoms with E-state index in [0.717, 1.165) is 20.9 Å². The van der Waals surface area contributed by atoms with Crippen LogP contribution in [-0.4, -0.2) is 0 Å². The third-order valence-electron chi connectivity index (χ3n) is 2.58. The van der Waals surface area contributed by atoms with Gasteiger partial charge in [0, 0.05) is 47.0 Å². The molecule has 0 radical (unpaired) electrons. The quantitative estimate of drug-likeness (QED) is 0.800. The van der Waals surface area contributed by atoms with E-state index < -0.39 is 0 Å². The van der Waals surface area contributed by atoms with Crippen molar-refractivity contribution in [3.05, 3.63) is 59.7 Å². The highest BCUT2D eigenvalue weighted by atomic mass is 32.2. The SMILES string of the molecule is NCc1ccc(SOSc2ccc(CN)cc2)cc1. The van der Waals surface area contributed by atoms with Gasteiger partial charge in [0.05, 0.1) is 0 Å². The predicted octanol–water partition coefficient (Wildman–Crippen LogP) is 3.34. The van der Waals surface area contributed by atoms with Gasteiger partial charge in [0.2, 0.25) is 0 Å². The summed E-state index contributed by atoms with van der Waals surface area (Å²) >= 11 is 2.68. The average molecular weight is 292 g/mol. The summed E-state index contributed by atoms with van der Waals surface area (Å²) in [7, 11) is 0. The lowest BCUT2D eigenvalue weighted by Crippen LogP contribution is -1.95. The first-order valence-electron chi connectivity index (χ1n) is 5.91. The summed E-state index contributed by atoms with van der Waals surface area (Å²) < 4.78 is 5.52. The fourth-order valence-corrected chi connectivity index (χ4v) is 2.72. The molecule has 0 aliphatic rings. The van der Waals surface area contributed by atoms with E-state index in [-0.39, 0.29) is 0 Å². The maximum Gasteiger partial charge on any atom is 0.0447 e. The minimum Gasteiger partial charge on any atom is -0.326 e. The number of benzene rings is 2. The van der Waals surface area contributed by atoms with E-state index in [1.165, 1.54) is 24.1 Å². The summed E-state index contributed by atoms with van der Waals surface area (Å²) in [5.74, 6) is 0. The second kappa shape index (κ2) is 7.57. The van der Waals surface area contributed by atoms with E-state index in [1.807, 2.05) is 48.5 Å². The Balaban J connectivity index is 1.81. The van der Waals surface area contributed by atoms with Crippen LogP contribution in [0.2, 0.25) is 0 Å². The number of hydrogen-bond acceptors (Lipinski definition) is 5. The molecule has 0 bridgehead atoms. The molecule has 0 saturated carbocycles. The molecule has 0 atom stereocenters. The van der Waals surface area contributed by atoms with E-state index in [4.69, 9.17) is 15.1 Å². The molecule has 0 unspecified atom stereocenters. The van der Waals surface area contributed by atoms with Crippen molar-refractivity contribution < 1.29 is 3.63 Å². The first-order chi connectivity index (χ1) is 9.31. The van der Waals surface area contributed by atoms with Crippen molar-refractivity contribution in [2.45, 2.75) is 22.9 Å². The van der Waals surface area contributed by atoms with E-state index in [1.54, 1.807) is 0 Å². The Morgan fingerprint density at radius 2 is 1.05 bits per heavy atom. The zero-order chi connectivity index (χ0) is 13.5. The molecule has 4 N–H and O–H groups in total. The van der Waals surface area contributed by atoms with Gasteiger partial charge in [-0.15, -0.1) is 0 Å². The molecule has 0 aromatic heterocycles. The summed E-state index contributed by atoms with van der Waals surface area (Å²) in [4.78, 5) is 2.12. The molecule has 2 aromatic rings. The third-order valence-corrected chi connectivity index (χ3v) is 4.05. The predicted molar refractivity (Wildman–Crippen MR) is 81.5 cm³/mol. The van der Waals surface area contributed by atoms with Gasteiger partial charge in [-0.2, -0.15) is 0 Å². The molecular formula is C14H16N2OS2. The Bertz CT molecular complexity index is 452. The fraction of sp³-hybridized carbons (Fsp3) is 0.143. The summed E-state index contributed by atoms with van der Waals surface area (Å²) in [6.07, 6.45) is 0. The van der Waals surface area contributed by atoms with Gasteiger partial charge in [0.1, 0.15) is 0 Å². The average Bonchev–Trinajstić information content (AvgIpc) is 2.49. The third kappa shape index (κ3) is 4.56. The first kappa shape index (κ1) is 14.4. The van der Waals surface area contributed by atoms with Gasteiger partial charge in [0.25, 0.3) is 0 Å². The topological polar surface area (TPSA) is 61.3 Å². The molecule has 0 aliphatic carbocycles. The Morgan fingerprint density at radius 3 is 1.37 bits per heavy atom. The summed E-state index contributed by atoms with van der Waals surface area (Å²) in [6.45, 7) is 1.13. The minimum atomic E-state index is 0.564. The van der Waals surface area contributed by atoms with E-state index in [2.05, 4.69) is 0 Å². The Morgan fingerprint density at radius 1 is 0.684 bits per heavy atom. The highest BCUT2D eigenvalue weighted by molar-refractivity contribution is 8.07. The summed E-state index contributed by atoms with van der Waals surface area (Å²) in [6, 6.07) is 16.0. The second-order valence-corrected chi connectivity index (χ2v) is 5.75. The van der Waals surface area contributed by atoms with Crippen molar-refractivity contribution >= 4 is 24.1 Å². The first-order valence-corrected chi connectivity index (χ1v) is 7.39. The highest BCUT2D eigenvalue weighted by Crippen LogP contribution is 2.29. The van der Waals surface area contributed by atoms with Crippen molar-refractivity contribution in [3.8, 4) is 0 Å². The Hall–Kier alpha value is -0.980. The standard InChI is InChI=1S/C14H16N2OS2/c15-9-11-1-5-13(6-2-11)18-17-19-14-7-3-12(10-16)4-8-14/h1-8H,9-10,15-16H2. The van der Waals surface area contributed by atoms with Crippen LogP contribution in [-0.2, 0) is 16.7 Å². The van der Waals surface area contributed by atoms with Crippen molar-refractivity contribution in [1.82, 2.24) is 0 Å². The van der Waals surface area contributed by atoms with Crippen LogP contribution in [0.3, 0.4) is 0 Å². The molecule has 0 amide bonds. The smallest absolute Gasteiger partial charge is 0.0447 e. The van der Waals surface area contributed by atoms with Crippen molar-refractivity contribution in [1.29, 1.82) is 0 Å². The molecule has 0 saturated heterocycles. The monoisotopic (exact) mass is 292 g/mol. The molecule has 0 fully saturated rings. The van der Waals surface area contributed by atoms with Gasteiger partial charge in [0.15, 0.2) is 0 Å². The van der Waals surface area contributed by atoms with Gasteiger partial charge >= 0.3 is 0 Å². The van der Waals surface area contributed by atoms with Gasteiger partial charge in [-0.1, -0.05) is 24.3 Å². The van der Waals surface area contributed by atoms with Crippen LogP contribution in [0.25, 0.3) is 0 Å². The summed E-state index contributed by atoms with van der Waals surface area (Å²) in [5.41, 5.74) is 13.3. The fourth-order valence-electron chi connectivity index (χ4n) is 1.46. The van der Waals surface area contributed by atoms with Gasteiger partial charge in [-0.25, -0.2) is 3.63 Å². The lowest BCUT2D eigenvalue weighted by atomic mass is 10.2. The number of hydrogen-bond donors (Lipinski definition) is 2. The molecule has 0 heterocycles. The van der Waals surface area contributed by atoms with Gasteiger partial charge < -0.3 is 11.5 Å². The molecule has 2 rings (SSSR count). The molecule has 0 spiro atoms. The zero-order valence-electron chi connectivity index (χ0n) is 10.4.